The summed E-state index contributed by atoms with van der Waals surface area (Å²) >= 11 is 0. The molecule has 0 atom stereocenters. The smallest absolute Gasteiger partial charge is 0.227 e. The zero-order valence-corrected chi connectivity index (χ0v) is 30.0. The molecule has 8 heteroatoms. The Hall–Kier alpha value is -7.97. The highest BCUT2D eigenvalue weighted by Gasteiger charge is 2.21. The summed E-state index contributed by atoms with van der Waals surface area (Å²) in [6.07, 6.45) is 0. The molecule has 266 valence electrons. The Balaban J connectivity index is 1.07. The maximum absolute atomic E-state index is 6.50. The van der Waals surface area contributed by atoms with Gasteiger partial charge in [-0.2, -0.15) is 0 Å². The third kappa shape index (κ3) is 5.12. The third-order valence-corrected chi connectivity index (χ3v) is 10.6. The molecule has 0 aliphatic rings. The van der Waals surface area contributed by atoms with Crippen LogP contribution < -0.4 is 0 Å². The van der Waals surface area contributed by atoms with E-state index >= 15 is 0 Å². The Morgan fingerprint density at radius 2 is 0.930 bits per heavy atom. The van der Waals surface area contributed by atoms with Crippen LogP contribution >= 0.6 is 0 Å². The Morgan fingerprint density at radius 3 is 1.75 bits per heavy atom. The number of rotatable bonds is 5. The fraction of sp³-hybridized carbons (Fsp3) is 0. The minimum Gasteiger partial charge on any atom is -0.456 e. The normalized spacial score (nSPS) is 11.9. The molecule has 8 nitrogen and oxygen atoms in total. The molecule has 0 spiro atoms. The molecule has 0 saturated heterocycles. The van der Waals surface area contributed by atoms with Crippen LogP contribution in [0.4, 0.5) is 0 Å². The molecule has 57 heavy (non-hydrogen) atoms. The molecule has 0 bridgehead atoms. The van der Waals surface area contributed by atoms with Crippen LogP contribution in [0.1, 0.15) is 0 Å². The topological polar surface area (TPSA) is 104 Å². The summed E-state index contributed by atoms with van der Waals surface area (Å²) in [4.78, 5) is 25.1. The van der Waals surface area contributed by atoms with Crippen LogP contribution in [0.15, 0.2) is 177 Å². The summed E-state index contributed by atoms with van der Waals surface area (Å²) < 4.78 is 19.1. The summed E-state index contributed by atoms with van der Waals surface area (Å²) in [6, 6.07) is 54.5. The number of oxazole rings is 2. The van der Waals surface area contributed by atoms with Crippen molar-refractivity contribution in [1.29, 1.82) is 0 Å². The molecular formula is C49H27N5O3. The van der Waals surface area contributed by atoms with Crippen LogP contribution in [0.3, 0.4) is 0 Å². The largest absolute Gasteiger partial charge is 0.456 e. The van der Waals surface area contributed by atoms with Crippen molar-refractivity contribution in [2.45, 2.75) is 0 Å². The minimum atomic E-state index is 0.526. The molecule has 0 fully saturated rings. The van der Waals surface area contributed by atoms with Crippen LogP contribution in [0.5, 0.6) is 0 Å². The summed E-state index contributed by atoms with van der Waals surface area (Å²) in [5.74, 6) is 2.76. The second-order valence-corrected chi connectivity index (χ2v) is 14.0. The van der Waals surface area contributed by atoms with Gasteiger partial charge in [0.25, 0.3) is 0 Å². The second-order valence-electron chi connectivity index (χ2n) is 14.0. The van der Waals surface area contributed by atoms with Crippen LogP contribution in [0.2, 0.25) is 0 Å². The fourth-order valence-electron chi connectivity index (χ4n) is 7.85. The van der Waals surface area contributed by atoms with Gasteiger partial charge in [-0.1, -0.05) is 97.1 Å². The Kier molecular flexibility index (Phi) is 6.76. The van der Waals surface area contributed by atoms with Crippen molar-refractivity contribution in [3.8, 4) is 57.1 Å². The van der Waals surface area contributed by atoms with Crippen molar-refractivity contribution in [3.63, 3.8) is 0 Å². The lowest BCUT2D eigenvalue weighted by Gasteiger charge is -2.11. The highest BCUT2D eigenvalue weighted by Crippen LogP contribution is 2.41. The Bertz CT molecular complexity index is 3530. The van der Waals surface area contributed by atoms with Crippen molar-refractivity contribution in [3.05, 3.63) is 164 Å². The first-order chi connectivity index (χ1) is 28.2. The number of fused-ring (bicyclic) bond motifs is 9. The number of hydrogen-bond acceptors (Lipinski definition) is 8. The molecule has 4 heterocycles. The minimum absolute atomic E-state index is 0.526. The summed E-state index contributed by atoms with van der Waals surface area (Å²) in [5.41, 5.74) is 8.69. The summed E-state index contributed by atoms with van der Waals surface area (Å²) in [5, 5.41) is 6.01. The molecule has 12 rings (SSSR count). The predicted molar refractivity (Wildman–Crippen MR) is 224 cm³/mol. The van der Waals surface area contributed by atoms with E-state index in [2.05, 4.69) is 48.5 Å². The molecule has 0 aliphatic carbocycles. The molecular weight excluding hydrogens is 707 g/mol. The number of aromatic nitrogens is 5. The Labute approximate surface area is 323 Å². The van der Waals surface area contributed by atoms with Gasteiger partial charge in [-0.15, -0.1) is 0 Å². The van der Waals surface area contributed by atoms with E-state index in [1.54, 1.807) is 0 Å². The monoisotopic (exact) mass is 733 g/mol. The molecule has 0 N–H and O–H groups in total. The SMILES string of the molecule is c1ccc(-c2nc3cc(-c4nc(-c5ccc6ccc7oc8ccc9nc(-c%10ccccc%10)oc9c8c7c6c5)nc(-c5cccc6ccccc56)n4)ccc3o2)cc1. The Morgan fingerprint density at radius 1 is 0.333 bits per heavy atom. The van der Waals surface area contributed by atoms with Gasteiger partial charge in [-0.25, -0.2) is 24.9 Å². The van der Waals surface area contributed by atoms with Gasteiger partial charge in [-0.05, 0) is 88.3 Å². The van der Waals surface area contributed by atoms with E-state index in [9.17, 15) is 0 Å². The van der Waals surface area contributed by atoms with Crippen molar-refractivity contribution in [1.82, 2.24) is 24.9 Å². The first kappa shape index (κ1) is 31.4. The van der Waals surface area contributed by atoms with Gasteiger partial charge in [0.15, 0.2) is 28.6 Å². The molecule has 0 amide bonds. The lowest BCUT2D eigenvalue weighted by Crippen LogP contribution is -2.00. The zero-order valence-electron chi connectivity index (χ0n) is 30.0. The van der Waals surface area contributed by atoms with E-state index in [1.165, 1.54) is 0 Å². The van der Waals surface area contributed by atoms with E-state index in [0.29, 0.717) is 45.9 Å². The van der Waals surface area contributed by atoms with Crippen molar-refractivity contribution < 1.29 is 13.3 Å². The second kappa shape index (κ2) is 12.3. The van der Waals surface area contributed by atoms with E-state index < -0.39 is 0 Å². The predicted octanol–water partition coefficient (Wildman–Crippen LogP) is 12.7. The average Bonchev–Trinajstić information content (AvgIpc) is 4.02. The summed E-state index contributed by atoms with van der Waals surface area (Å²) in [7, 11) is 0. The molecule has 0 saturated carbocycles. The number of hydrogen-bond donors (Lipinski definition) is 0. The summed E-state index contributed by atoms with van der Waals surface area (Å²) in [6.45, 7) is 0. The van der Waals surface area contributed by atoms with Gasteiger partial charge in [0.1, 0.15) is 22.2 Å². The van der Waals surface area contributed by atoms with Gasteiger partial charge < -0.3 is 13.3 Å². The molecule has 0 radical (unpaired) electrons. The van der Waals surface area contributed by atoms with Crippen molar-refractivity contribution >= 4 is 65.7 Å². The van der Waals surface area contributed by atoms with Crippen molar-refractivity contribution in [2.24, 2.45) is 0 Å². The van der Waals surface area contributed by atoms with E-state index in [4.69, 9.17) is 38.2 Å². The van der Waals surface area contributed by atoms with Gasteiger partial charge in [0, 0.05) is 33.2 Å². The quantitative estimate of drug-likeness (QED) is 0.172. The van der Waals surface area contributed by atoms with Crippen LogP contribution in [0.25, 0.3) is 123 Å². The fourth-order valence-corrected chi connectivity index (χ4v) is 7.85. The number of benzene rings is 8. The van der Waals surface area contributed by atoms with Crippen LogP contribution in [-0.2, 0) is 0 Å². The lowest BCUT2D eigenvalue weighted by atomic mass is 10.0. The van der Waals surface area contributed by atoms with Gasteiger partial charge in [-0.3, -0.25) is 0 Å². The highest BCUT2D eigenvalue weighted by atomic mass is 16.4. The maximum Gasteiger partial charge on any atom is 0.227 e. The maximum atomic E-state index is 6.50. The molecule has 0 aliphatic heterocycles. The molecule has 12 aromatic rings. The standard InChI is InChI=1S/C49H27N5O3/c1-3-11-30(12-4-1)48-51-38-27-33(21-23-39(38)56-48)46-52-45(53-47(54-46)35-17-9-15-28-10-7-8-16-34(28)35)32-19-18-29-20-24-40-42(36(29)26-32)43-41(55-40)25-22-37-44(43)57-49(50-37)31-13-5-2-6-14-31/h1-27H. The third-order valence-electron chi connectivity index (χ3n) is 10.6. The van der Waals surface area contributed by atoms with E-state index in [-0.39, 0.29) is 0 Å². The molecule has 0 unspecified atom stereocenters. The highest BCUT2D eigenvalue weighted by molar-refractivity contribution is 6.25. The first-order valence-corrected chi connectivity index (χ1v) is 18.7. The van der Waals surface area contributed by atoms with E-state index in [1.807, 2.05) is 115 Å². The van der Waals surface area contributed by atoms with Crippen molar-refractivity contribution in [2.75, 3.05) is 0 Å². The van der Waals surface area contributed by atoms with E-state index in [0.717, 1.165) is 76.8 Å². The first-order valence-electron chi connectivity index (χ1n) is 18.7. The number of nitrogens with zero attached hydrogens (tertiary/aromatic N) is 5. The lowest BCUT2D eigenvalue weighted by molar-refractivity contribution is 0.620. The van der Waals surface area contributed by atoms with Gasteiger partial charge in [0.2, 0.25) is 11.8 Å². The number of furan rings is 1. The molecule has 4 aromatic heterocycles. The zero-order chi connectivity index (χ0) is 37.5. The van der Waals surface area contributed by atoms with Gasteiger partial charge >= 0.3 is 0 Å². The van der Waals surface area contributed by atoms with Crippen LogP contribution in [0, 0.1) is 0 Å². The van der Waals surface area contributed by atoms with Crippen LogP contribution in [-0.4, -0.2) is 24.9 Å². The molecule has 8 aromatic carbocycles. The van der Waals surface area contributed by atoms with Gasteiger partial charge in [0.05, 0.1) is 5.39 Å². The average molecular weight is 734 g/mol.